The molecule has 2 heterocycles. The number of fused-ring (bicyclic) bond motifs is 1. The SMILES string of the molecule is Cc1cc(/C=C(/CC[C@@H](O)C2=C(CO)C[C@H]3C(=O)N(c4ccc(Nc5ccccc5)cc4)C(=O)[C@H]3[C@H]2CO)c2ccccn2)cc(C)c1O. The van der Waals surface area contributed by atoms with Gasteiger partial charge in [0.2, 0.25) is 11.8 Å². The van der Waals surface area contributed by atoms with Gasteiger partial charge in [-0.1, -0.05) is 24.3 Å². The van der Waals surface area contributed by atoms with Crippen molar-refractivity contribution in [3.05, 3.63) is 125 Å². The van der Waals surface area contributed by atoms with Crippen LogP contribution in [0.1, 0.15) is 41.6 Å². The van der Waals surface area contributed by atoms with Crippen LogP contribution in [-0.4, -0.2) is 56.5 Å². The van der Waals surface area contributed by atoms with Crippen LogP contribution in [0.4, 0.5) is 17.1 Å². The number of nitrogens with one attached hydrogen (secondary N) is 1. The van der Waals surface area contributed by atoms with Gasteiger partial charge in [-0.3, -0.25) is 19.5 Å². The van der Waals surface area contributed by atoms with Crippen LogP contribution < -0.4 is 10.2 Å². The van der Waals surface area contributed by atoms with Gasteiger partial charge in [0.05, 0.1) is 42.5 Å². The molecule has 1 fully saturated rings. The Bertz CT molecular complexity index is 1870. The average Bonchev–Trinajstić information content (AvgIpc) is 3.37. The smallest absolute Gasteiger partial charge is 0.238 e. The Kier molecular flexibility index (Phi) is 10.1. The monoisotopic (exact) mass is 659 g/mol. The highest BCUT2D eigenvalue weighted by molar-refractivity contribution is 6.22. The second kappa shape index (κ2) is 14.6. The Morgan fingerprint density at radius 1 is 0.939 bits per heavy atom. The number of para-hydroxylation sites is 1. The predicted octanol–water partition coefficient (Wildman–Crippen LogP) is 5.94. The lowest BCUT2D eigenvalue weighted by atomic mass is 9.68. The highest BCUT2D eigenvalue weighted by Gasteiger charge is 2.55. The van der Waals surface area contributed by atoms with E-state index in [1.54, 1.807) is 30.5 Å². The largest absolute Gasteiger partial charge is 0.507 e. The van der Waals surface area contributed by atoms with Crippen molar-refractivity contribution >= 4 is 40.5 Å². The number of aromatic hydroxyl groups is 1. The minimum absolute atomic E-state index is 0.119. The molecule has 4 atom stereocenters. The molecule has 5 N–H and O–H groups in total. The molecule has 1 aromatic heterocycles. The number of pyridine rings is 1. The number of aryl methyl sites for hydroxylation is 2. The van der Waals surface area contributed by atoms with E-state index in [0.29, 0.717) is 23.3 Å². The van der Waals surface area contributed by atoms with Crippen molar-refractivity contribution in [3.63, 3.8) is 0 Å². The second-order valence-corrected chi connectivity index (χ2v) is 12.8. The van der Waals surface area contributed by atoms with E-state index in [9.17, 15) is 30.0 Å². The molecule has 4 aromatic rings. The van der Waals surface area contributed by atoms with Crippen LogP contribution in [0.15, 0.2) is 102 Å². The van der Waals surface area contributed by atoms with Crippen LogP contribution in [0, 0.1) is 31.6 Å². The van der Waals surface area contributed by atoms with Gasteiger partial charge >= 0.3 is 0 Å². The van der Waals surface area contributed by atoms with Crippen molar-refractivity contribution in [1.29, 1.82) is 0 Å². The maximum atomic E-state index is 14.0. The summed E-state index contributed by atoms with van der Waals surface area (Å²) in [7, 11) is 0. The van der Waals surface area contributed by atoms with E-state index in [0.717, 1.165) is 39.3 Å². The van der Waals surface area contributed by atoms with E-state index in [2.05, 4.69) is 10.3 Å². The Morgan fingerprint density at radius 3 is 2.24 bits per heavy atom. The fraction of sp³-hybridized carbons (Fsp3) is 0.275. The number of amides is 2. The van der Waals surface area contributed by atoms with Gasteiger partial charge in [-0.15, -0.1) is 0 Å². The number of phenolic OH excluding ortho intramolecular Hbond substituents is 1. The number of nitrogens with zero attached hydrogens (tertiary/aromatic N) is 2. The van der Waals surface area contributed by atoms with Crippen molar-refractivity contribution in [2.75, 3.05) is 23.4 Å². The molecule has 2 aliphatic rings. The average molecular weight is 660 g/mol. The molecule has 1 aliphatic heterocycles. The molecule has 0 unspecified atom stereocenters. The number of carbonyl (C=O) groups is 2. The first-order chi connectivity index (χ1) is 23.7. The zero-order chi connectivity index (χ0) is 34.7. The normalized spacial score (nSPS) is 20.1. The van der Waals surface area contributed by atoms with Crippen molar-refractivity contribution in [2.24, 2.45) is 17.8 Å². The van der Waals surface area contributed by atoms with E-state index in [1.165, 1.54) is 4.90 Å². The fourth-order valence-corrected chi connectivity index (χ4v) is 7.29. The molecule has 3 aromatic carbocycles. The number of carbonyl (C=O) groups excluding carboxylic acids is 2. The predicted molar refractivity (Wildman–Crippen MR) is 190 cm³/mol. The van der Waals surface area contributed by atoms with Crippen molar-refractivity contribution < 1.29 is 30.0 Å². The quantitative estimate of drug-likeness (QED) is 0.0984. The minimum Gasteiger partial charge on any atom is -0.507 e. The fourth-order valence-electron chi connectivity index (χ4n) is 7.29. The number of hydrogen-bond donors (Lipinski definition) is 5. The van der Waals surface area contributed by atoms with Crippen molar-refractivity contribution in [2.45, 2.75) is 39.2 Å². The van der Waals surface area contributed by atoms with Crippen molar-refractivity contribution in [1.82, 2.24) is 4.98 Å². The van der Waals surface area contributed by atoms with Crippen LogP contribution in [0.3, 0.4) is 0 Å². The van der Waals surface area contributed by atoms with Crippen LogP contribution in [0.25, 0.3) is 11.6 Å². The molecule has 9 nitrogen and oxygen atoms in total. The van der Waals surface area contributed by atoms with Gasteiger partial charge in [-0.2, -0.15) is 0 Å². The summed E-state index contributed by atoms with van der Waals surface area (Å²) in [4.78, 5) is 33.4. The maximum absolute atomic E-state index is 14.0. The van der Waals surface area contributed by atoms with E-state index < -0.39 is 43.0 Å². The molecule has 0 spiro atoms. The van der Waals surface area contributed by atoms with Gasteiger partial charge < -0.3 is 25.7 Å². The molecule has 1 saturated heterocycles. The summed E-state index contributed by atoms with van der Waals surface area (Å²) < 4.78 is 0. The molecule has 6 rings (SSSR count). The summed E-state index contributed by atoms with van der Waals surface area (Å²) in [6.07, 6.45) is 3.34. The van der Waals surface area contributed by atoms with E-state index in [4.69, 9.17) is 0 Å². The standard InChI is InChI=1S/C40H41N3O6/c1-24-18-26(19-25(2)38(24)47)20-27(34-10-6-7-17-41-34)11-16-35(46)36-28(22-44)21-32-37(33(36)23-45)40(49)43(39(32)48)31-14-12-30(13-15-31)42-29-8-4-3-5-9-29/h3-10,12-15,17-20,32-33,35,37,42,44-47H,11,16,21-23H2,1-2H3/b27-20-/t32-,33+,35-,37-/m1/s1. The number of aliphatic hydroxyl groups excluding tert-OH is 3. The second-order valence-electron chi connectivity index (χ2n) is 12.8. The molecule has 0 bridgehead atoms. The van der Waals surface area contributed by atoms with Crippen LogP contribution in [0.5, 0.6) is 5.75 Å². The third-order valence-corrected chi connectivity index (χ3v) is 9.65. The maximum Gasteiger partial charge on any atom is 0.238 e. The van der Waals surface area contributed by atoms with Gasteiger partial charge in [-0.05, 0) is 133 Å². The first-order valence-corrected chi connectivity index (χ1v) is 16.5. The van der Waals surface area contributed by atoms with Crippen LogP contribution in [0.2, 0.25) is 0 Å². The molecule has 1 aliphatic carbocycles. The summed E-state index contributed by atoms with van der Waals surface area (Å²) in [5, 5.41) is 46.4. The number of allylic oxidation sites excluding steroid dienone is 1. The Balaban J connectivity index is 1.24. The summed E-state index contributed by atoms with van der Waals surface area (Å²) >= 11 is 0. The van der Waals surface area contributed by atoms with Crippen molar-refractivity contribution in [3.8, 4) is 5.75 Å². The lowest BCUT2D eigenvalue weighted by Gasteiger charge is -2.36. The summed E-state index contributed by atoms with van der Waals surface area (Å²) in [5.74, 6) is -3.01. The molecular formula is C40H41N3O6. The third-order valence-electron chi connectivity index (χ3n) is 9.65. The molecule has 9 heteroatoms. The van der Waals surface area contributed by atoms with Gasteiger partial charge in [0, 0.05) is 23.5 Å². The highest BCUT2D eigenvalue weighted by atomic mass is 16.3. The summed E-state index contributed by atoms with van der Waals surface area (Å²) in [5.41, 5.74) is 6.99. The number of hydrogen-bond acceptors (Lipinski definition) is 8. The molecule has 0 radical (unpaired) electrons. The molecule has 49 heavy (non-hydrogen) atoms. The van der Waals surface area contributed by atoms with E-state index in [-0.39, 0.29) is 24.5 Å². The zero-order valence-electron chi connectivity index (χ0n) is 27.6. The number of imide groups is 1. The lowest BCUT2D eigenvalue weighted by molar-refractivity contribution is -0.123. The third kappa shape index (κ3) is 6.91. The number of rotatable bonds is 11. The zero-order valence-corrected chi connectivity index (χ0v) is 27.6. The van der Waals surface area contributed by atoms with E-state index in [1.807, 2.05) is 80.6 Å². The van der Waals surface area contributed by atoms with Gasteiger partial charge in [0.25, 0.3) is 0 Å². The number of benzene rings is 3. The van der Waals surface area contributed by atoms with Crippen LogP contribution in [-0.2, 0) is 9.59 Å². The Labute approximate surface area is 285 Å². The topological polar surface area (TPSA) is 143 Å². The number of anilines is 3. The number of aromatic nitrogens is 1. The van der Waals surface area contributed by atoms with Crippen LogP contribution >= 0.6 is 0 Å². The number of phenols is 1. The van der Waals surface area contributed by atoms with E-state index >= 15 is 0 Å². The Morgan fingerprint density at radius 2 is 1.61 bits per heavy atom. The number of aliphatic hydroxyl groups is 3. The summed E-state index contributed by atoms with van der Waals surface area (Å²) in [6.45, 7) is 2.82. The molecular weight excluding hydrogens is 618 g/mol. The Hall–Kier alpha value is -5.09. The lowest BCUT2D eigenvalue weighted by Crippen LogP contribution is -2.39. The summed E-state index contributed by atoms with van der Waals surface area (Å²) in [6, 6.07) is 26.1. The van der Waals surface area contributed by atoms with Gasteiger partial charge in [0.1, 0.15) is 5.75 Å². The van der Waals surface area contributed by atoms with Gasteiger partial charge in [-0.25, -0.2) is 0 Å². The first kappa shape index (κ1) is 33.8. The minimum atomic E-state index is -1.09. The molecule has 2 amide bonds. The highest BCUT2D eigenvalue weighted by Crippen LogP contribution is 2.47. The first-order valence-electron chi connectivity index (χ1n) is 16.5. The van der Waals surface area contributed by atoms with Gasteiger partial charge in [0.15, 0.2) is 0 Å². The molecule has 252 valence electrons. The molecule has 0 saturated carbocycles.